The molecule has 3 fully saturated rings. The van der Waals surface area contributed by atoms with Crippen LogP contribution in [0.15, 0.2) is 55.1 Å². The monoisotopic (exact) mass is 458 g/mol. The summed E-state index contributed by atoms with van der Waals surface area (Å²) < 4.78 is 0. The number of benzene rings is 2. The molecule has 0 spiro atoms. The van der Waals surface area contributed by atoms with Crippen molar-refractivity contribution in [2.45, 2.75) is 45.1 Å². The smallest absolute Gasteiger partial charge is 0.303 e. The number of fused-ring (bicyclic) bond motifs is 5. The summed E-state index contributed by atoms with van der Waals surface area (Å²) in [6, 6.07) is 15.7. The topological polar surface area (TPSA) is 86.7 Å². The first-order valence-electron chi connectivity index (χ1n) is 12.1. The molecule has 2 N–H and O–H groups in total. The number of imide groups is 1. The third-order valence-electron chi connectivity index (χ3n) is 7.77. The van der Waals surface area contributed by atoms with Crippen LogP contribution in [0.5, 0.6) is 0 Å². The Hall–Kier alpha value is -3.41. The number of hydrogen-bond acceptors (Lipinski definition) is 4. The van der Waals surface area contributed by atoms with E-state index in [1.165, 1.54) is 4.90 Å². The Labute approximate surface area is 199 Å². The van der Waals surface area contributed by atoms with Crippen molar-refractivity contribution in [1.29, 1.82) is 0 Å². The molecule has 1 saturated heterocycles. The summed E-state index contributed by atoms with van der Waals surface area (Å²) in [6.07, 6.45) is 4.77. The highest BCUT2D eigenvalue weighted by atomic mass is 16.4. The molecule has 4 atom stereocenters. The highest BCUT2D eigenvalue weighted by molar-refractivity contribution is 6.06. The van der Waals surface area contributed by atoms with E-state index in [0.29, 0.717) is 24.8 Å². The SMILES string of the molecule is C=C(Nc1ccc(CCCC(=O)O)cc1)c1ccc(CN2C(=O)C3C4CCC(C4)C3C2=O)cc1. The molecule has 176 valence electrons. The Kier molecular flexibility index (Phi) is 5.98. The maximum atomic E-state index is 12.9. The minimum atomic E-state index is -0.770. The second-order valence-corrected chi connectivity index (χ2v) is 9.89. The summed E-state index contributed by atoms with van der Waals surface area (Å²) in [7, 11) is 0. The van der Waals surface area contributed by atoms with Gasteiger partial charge >= 0.3 is 5.97 Å². The van der Waals surface area contributed by atoms with Crippen molar-refractivity contribution in [3.05, 3.63) is 71.8 Å². The van der Waals surface area contributed by atoms with E-state index in [-0.39, 0.29) is 30.1 Å². The van der Waals surface area contributed by atoms with E-state index in [2.05, 4.69) is 11.9 Å². The number of carbonyl (C=O) groups is 3. The van der Waals surface area contributed by atoms with Gasteiger partial charge < -0.3 is 10.4 Å². The van der Waals surface area contributed by atoms with Gasteiger partial charge in [0.25, 0.3) is 0 Å². The third kappa shape index (κ3) is 4.25. The Bertz CT molecular complexity index is 1090. The molecule has 0 aromatic heterocycles. The van der Waals surface area contributed by atoms with E-state index in [0.717, 1.165) is 53.8 Å². The molecule has 3 aliphatic rings. The maximum absolute atomic E-state index is 12.9. The molecule has 0 radical (unpaired) electrons. The van der Waals surface area contributed by atoms with Gasteiger partial charge in [0, 0.05) is 17.8 Å². The highest BCUT2D eigenvalue weighted by Crippen LogP contribution is 2.56. The second kappa shape index (κ2) is 9.09. The van der Waals surface area contributed by atoms with Crippen molar-refractivity contribution < 1.29 is 19.5 Å². The van der Waals surface area contributed by atoms with Crippen molar-refractivity contribution in [3.63, 3.8) is 0 Å². The number of anilines is 1. The molecule has 2 bridgehead atoms. The van der Waals surface area contributed by atoms with Gasteiger partial charge in [0.15, 0.2) is 0 Å². The minimum Gasteiger partial charge on any atom is -0.481 e. The summed E-state index contributed by atoms with van der Waals surface area (Å²) in [6.45, 7) is 4.48. The molecule has 1 heterocycles. The first kappa shape index (κ1) is 22.4. The van der Waals surface area contributed by atoms with Gasteiger partial charge in [0.05, 0.1) is 18.4 Å². The van der Waals surface area contributed by atoms with Gasteiger partial charge in [-0.15, -0.1) is 0 Å². The van der Waals surface area contributed by atoms with Gasteiger partial charge in [-0.1, -0.05) is 43.0 Å². The number of amides is 2. The molecule has 5 rings (SSSR count). The fraction of sp³-hybridized carbons (Fsp3) is 0.393. The van der Waals surface area contributed by atoms with E-state index in [1.54, 1.807) is 0 Å². The molecule has 34 heavy (non-hydrogen) atoms. The number of nitrogens with one attached hydrogen (secondary N) is 1. The number of aliphatic carboxylic acids is 1. The third-order valence-corrected chi connectivity index (χ3v) is 7.77. The predicted molar refractivity (Wildman–Crippen MR) is 129 cm³/mol. The summed E-state index contributed by atoms with van der Waals surface area (Å²) in [5, 5.41) is 12.1. The number of carboxylic acid groups (broad SMARTS) is 1. The van der Waals surface area contributed by atoms with Gasteiger partial charge in [-0.05, 0) is 72.8 Å². The Morgan fingerprint density at radius 1 is 0.941 bits per heavy atom. The van der Waals surface area contributed by atoms with Crippen LogP contribution >= 0.6 is 0 Å². The number of likely N-dealkylation sites (tertiary alicyclic amines) is 1. The number of carbonyl (C=O) groups excluding carboxylic acids is 2. The normalized spacial score (nSPS) is 25.0. The minimum absolute atomic E-state index is 0.0313. The quantitative estimate of drug-likeness (QED) is 0.532. The lowest BCUT2D eigenvalue weighted by molar-refractivity contribution is -0.141. The molecule has 2 aromatic rings. The first-order chi connectivity index (χ1) is 16.4. The van der Waals surface area contributed by atoms with Crippen LogP contribution in [0.4, 0.5) is 5.69 Å². The van der Waals surface area contributed by atoms with Crippen molar-refractivity contribution in [2.24, 2.45) is 23.7 Å². The van der Waals surface area contributed by atoms with Crippen LogP contribution in [0.3, 0.4) is 0 Å². The predicted octanol–water partition coefficient (Wildman–Crippen LogP) is 4.71. The molecule has 2 aliphatic carbocycles. The zero-order valence-electron chi connectivity index (χ0n) is 19.2. The number of hydrogen-bond donors (Lipinski definition) is 2. The molecule has 4 unspecified atom stereocenters. The molecule has 6 heteroatoms. The number of carboxylic acids is 1. The molecule has 6 nitrogen and oxygen atoms in total. The van der Waals surface area contributed by atoms with Crippen molar-refractivity contribution >= 4 is 29.2 Å². The zero-order chi connectivity index (χ0) is 23.8. The Morgan fingerprint density at radius 2 is 1.53 bits per heavy atom. The number of rotatable bonds is 9. The lowest BCUT2D eigenvalue weighted by Crippen LogP contribution is -2.32. The molecular formula is C28H30N2O4. The van der Waals surface area contributed by atoms with Crippen LogP contribution in [-0.4, -0.2) is 27.8 Å². The lowest BCUT2D eigenvalue weighted by Gasteiger charge is -2.19. The summed E-state index contributed by atoms with van der Waals surface area (Å²) in [5.41, 5.74) is 4.64. The standard InChI is InChI=1S/C28H30N2O4/c1-17(29-23-13-7-18(8-14-23)3-2-4-24(31)32)20-9-5-19(6-10-20)16-30-27(33)25-21-11-12-22(15-21)26(25)28(30)34/h5-10,13-14,21-22,25-26,29H,1-4,11-12,15-16H2,(H,31,32). The van der Waals surface area contributed by atoms with Crippen LogP contribution in [0.2, 0.25) is 0 Å². The molecular weight excluding hydrogens is 428 g/mol. The molecule has 2 aromatic carbocycles. The maximum Gasteiger partial charge on any atom is 0.303 e. The summed E-state index contributed by atoms with van der Waals surface area (Å²) in [5.74, 6) is -0.0311. The van der Waals surface area contributed by atoms with E-state index in [1.807, 2.05) is 48.5 Å². The van der Waals surface area contributed by atoms with Gasteiger partial charge in [-0.3, -0.25) is 19.3 Å². The second-order valence-electron chi connectivity index (χ2n) is 9.89. The van der Waals surface area contributed by atoms with Gasteiger partial charge in [-0.25, -0.2) is 0 Å². The highest BCUT2D eigenvalue weighted by Gasteiger charge is 2.60. The molecule has 1 aliphatic heterocycles. The van der Waals surface area contributed by atoms with Gasteiger partial charge in [0.2, 0.25) is 11.8 Å². The molecule has 2 amide bonds. The number of aryl methyl sites for hydroxylation is 1. The molecule has 2 saturated carbocycles. The number of nitrogens with zero attached hydrogens (tertiary/aromatic N) is 1. The van der Waals surface area contributed by atoms with E-state index < -0.39 is 5.97 Å². The average molecular weight is 459 g/mol. The van der Waals surface area contributed by atoms with Crippen LogP contribution < -0.4 is 5.32 Å². The largest absolute Gasteiger partial charge is 0.481 e. The summed E-state index contributed by atoms with van der Waals surface area (Å²) >= 11 is 0. The first-order valence-corrected chi connectivity index (χ1v) is 12.1. The van der Waals surface area contributed by atoms with Crippen molar-refractivity contribution in [3.8, 4) is 0 Å². The van der Waals surface area contributed by atoms with E-state index in [4.69, 9.17) is 5.11 Å². The van der Waals surface area contributed by atoms with Crippen LogP contribution in [-0.2, 0) is 27.3 Å². The fourth-order valence-electron chi connectivity index (χ4n) is 6.07. The Balaban J connectivity index is 1.17. The summed E-state index contributed by atoms with van der Waals surface area (Å²) in [4.78, 5) is 38.0. The van der Waals surface area contributed by atoms with E-state index in [9.17, 15) is 14.4 Å². The van der Waals surface area contributed by atoms with Crippen LogP contribution in [0.25, 0.3) is 5.70 Å². The lowest BCUT2D eigenvalue weighted by atomic mass is 9.81. The van der Waals surface area contributed by atoms with E-state index >= 15 is 0 Å². The zero-order valence-corrected chi connectivity index (χ0v) is 19.2. The van der Waals surface area contributed by atoms with Gasteiger partial charge in [0.1, 0.15) is 0 Å². The van der Waals surface area contributed by atoms with Crippen molar-refractivity contribution in [2.75, 3.05) is 5.32 Å². The Morgan fingerprint density at radius 3 is 2.12 bits per heavy atom. The van der Waals surface area contributed by atoms with Crippen LogP contribution in [0.1, 0.15) is 48.8 Å². The fourth-order valence-corrected chi connectivity index (χ4v) is 6.07. The average Bonchev–Trinajstić information content (AvgIpc) is 3.51. The van der Waals surface area contributed by atoms with Gasteiger partial charge in [-0.2, -0.15) is 0 Å². The van der Waals surface area contributed by atoms with Crippen LogP contribution in [0, 0.1) is 23.7 Å². The van der Waals surface area contributed by atoms with Crippen molar-refractivity contribution in [1.82, 2.24) is 4.90 Å².